The minimum absolute atomic E-state index is 0.120. The lowest BCUT2D eigenvalue weighted by Crippen LogP contribution is -2.46. The zero-order valence-electron chi connectivity index (χ0n) is 17.7. The van der Waals surface area contributed by atoms with Crippen molar-refractivity contribution in [1.82, 2.24) is 9.80 Å². The van der Waals surface area contributed by atoms with Crippen LogP contribution in [0.15, 0.2) is 24.3 Å². The van der Waals surface area contributed by atoms with Crippen LogP contribution in [0.2, 0.25) is 0 Å². The molecule has 1 aromatic rings. The predicted molar refractivity (Wildman–Crippen MR) is 113 cm³/mol. The van der Waals surface area contributed by atoms with E-state index in [1.54, 1.807) is 24.3 Å². The Labute approximate surface area is 177 Å². The van der Waals surface area contributed by atoms with Gasteiger partial charge in [0.25, 0.3) is 5.91 Å². The number of anilines is 1. The first-order valence-corrected chi connectivity index (χ1v) is 11.2. The molecule has 162 valence electrons. The van der Waals surface area contributed by atoms with Gasteiger partial charge < -0.3 is 9.64 Å². The SMILES string of the molecule is CCOc1ccc(N2C(=O)C[C@H](N3CCC(CCN4CCCC4=O)CC3)C2=O)cc1. The Kier molecular flexibility index (Phi) is 6.37. The van der Waals surface area contributed by atoms with Gasteiger partial charge in [0.2, 0.25) is 11.8 Å². The third-order valence-corrected chi connectivity index (χ3v) is 6.60. The molecule has 3 aliphatic heterocycles. The van der Waals surface area contributed by atoms with Crippen molar-refractivity contribution in [2.24, 2.45) is 5.92 Å². The van der Waals surface area contributed by atoms with Gasteiger partial charge in [0.1, 0.15) is 5.75 Å². The lowest BCUT2D eigenvalue weighted by molar-refractivity contribution is -0.128. The van der Waals surface area contributed by atoms with Crippen LogP contribution in [0.5, 0.6) is 5.75 Å². The quantitative estimate of drug-likeness (QED) is 0.642. The minimum Gasteiger partial charge on any atom is -0.494 e. The van der Waals surface area contributed by atoms with E-state index in [1.165, 1.54) is 4.90 Å². The highest BCUT2D eigenvalue weighted by atomic mass is 16.5. The summed E-state index contributed by atoms with van der Waals surface area (Å²) in [6.07, 6.45) is 5.00. The molecule has 1 aromatic carbocycles. The number of piperidine rings is 1. The van der Waals surface area contributed by atoms with Crippen molar-refractivity contribution >= 4 is 23.4 Å². The normalized spacial score (nSPS) is 23.6. The second-order valence-electron chi connectivity index (χ2n) is 8.47. The Hall–Kier alpha value is -2.41. The molecular weight excluding hydrogens is 382 g/mol. The van der Waals surface area contributed by atoms with Crippen LogP contribution in [0, 0.1) is 5.92 Å². The Morgan fingerprint density at radius 2 is 1.73 bits per heavy atom. The van der Waals surface area contributed by atoms with Gasteiger partial charge >= 0.3 is 0 Å². The molecule has 0 aromatic heterocycles. The number of carbonyl (C=O) groups excluding carboxylic acids is 3. The number of likely N-dealkylation sites (tertiary alicyclic amines) is 2. The van der Waals surface area contributed by atoms with E-state index < -0.39 is 0 Å². The fourth-order valence-corrected chi connectivity index (χ4v) is 4.86. The third kappa shape index (κ3) is 4.36. The molecule has 0 N–H and O–H groups in total. The summed E-state index contributed by atoms with van der Waals surface area (Å²) in [6.45, 7) is 5.92. The molecule has 3 fully saturated rings. The minimum atomic E-state index is -0.356. The van der Waals surface area contributed by atoms with Crippen LogP contribution >= 0.6 is 0 Å². The van der Waals surface area contributed by atoms with Crippen LogP contribution in [-0.2, 0) is 14.4 Å². The molecule has 0 spiro atoms. The molecule has 7 heteroatoms. The second kappa shape index (κ2) is 9.16. The zero-order valence-corrected chi connectivity index (χ0v) is 17.7. The lowest BCUT2D eigenvalue weighted by atomic mass is 9.92. The molecule has 30 heavy (non-hydrogen) atoms. The van der Waals surface area contributed by atoms with Gasteiger partial charge in [0, 0.05) is 19.5 Å². The number of nitrogens with zero attached hydrogens (tertiary/aromatic N) is 3. The van der Waals surface area contributed by atoms with E-state index in [-0.39, 0.29) is 30.2 Å². The average molecular weight is 414 g/mol. The van der Waals surface area contributed by atoms with Crippen molar-refractivity contribution < 1.29 is 19.1 Å². The summed E-state index contributed by atoms with van der Waals surface area (Å²) >= 11 is 0. The maximum absolute atomic E-state index is 13.0. The van der Waals surface area contributed by atoms with E-state index in [0.29, 0.717) is 24.6 Å². The summed E-state index contributed by atoms with van der Waals surface area (Å²) in [5.41, 5.74) is 0.612. The predicted octanol–water partition coefficient (Wildman–Crippen LogP) is 2.44. The van der Waals surface area contributed by atoms with E-state index in [0.717, 1.165) is 57.6 Å². The Morgan fingerprint density at radius 3 is 2.37 bits per heavy atom. The molecule has 3 amide bonds. The maximum Gasteiger partial charge on any atom is 0.251 e. The van der Waals surface area contributed by atoms with Gasteiger partial charge in [0.15, 0.2) is 0 Å². The summed E-state index contributed by atoms with van der Waals surface area (Å²) in [5.74, 6) is 1.35. The van der Waals surface area contributed by atoms with Crippen molar-refractivity contribution in [3.63, 3.8) is 0 Å². The van der Waals surface area contributed by atoms with Crippen molar-refractivity contribution in [1.29, 1.82) is 0 Å². The molecule has 1 atom stereocenters. The largest absolute Gasteiger partial charge is 0.494 e. The molecule has 3 saturated heterocycles. The first kappa shape index (κ1) is 20.8. The van der Waals surface area contributed by atoms with Gasteiger partial charge in [-0.05, 0) is 75.9 Å². The highest BCUT2D eigenvalue weighted by Gasteiger charge is 2.43. The zero-order chi connectivity index (χ0) is 21.1. The summed E-state index contributed by atoms with van der Waals surface area (Å²) in [6, 6.07) is 6.78. The van der Waals surface area contributed by atoms with Crippen LogP contribution in [0.1, 0.15) is 45.4 Å². The van der Waals surface area contributed by atoms with Gasteiger partial charge in [-0.3, -0.25) is 19.3 Å². The third-order valence-electron chi connectivity index (χ3n) is 6.60. The van der Waals surface area contributed by atoms with E-state index in [9.17, 15) is 14.4 Å². The molecule has 0 radical (unpaired) electrons. The summed E-state index contributed by atoms with van der Waals surface area (Å²) in [7, 11) is 0. The van der Waals surface area contributed by atoms with Crippen molar-refractivity contribution in [2.75, 3.05) is 37.7 Å². The number of ether oxygens (including phenoxy) is 1. The van der Waals surface area contributed by atoms with Gasteiger partial charge in [-0.2, -0.15) is 0 Å². The summed E-state index contributed by atoms with van der Waals surface area (Å²) in [4.78, 5) is 42.9. The van der Waals surface area contributed by atoms with Crippen LogP contribution < -0.4 is 9.64 Å². The van der Waals surface area contributed by atoms with Gasteiger partial charge in [-0.15, -0.1) is 0 Å². The Morgan fingerprint density at radius 1 is 1.00 bits per heavy atom. The molecule has 3 heterocycles. The van der Waals surface area contributed by atoms with E-state index in [2.05, 4.69) is 4.90 Å². The fourth-order valence-electron chi connectivity index (χ4n) is 4.86. The second-order valence-corrected chi connectivity index (χ2v) is 8.47. The van der Waals surface area contributed by atoms with Crippen molar-refractivity contribution in [3.05, 3.63) is 24.3 Å². The smallest absolute Gasteiger partial charge is 0.251 e. The molecule has 4 rings (SSSR count). The number of benzene rings is 1. The Balaban J connectivity index is 1.30. The highest BCUT2D eigenvalue weighted by molar-refractivity contribution is 6.22. The van der Waals surface area contributed by atoms with E-state index >= 15 is 0 Å². The molecule has 7 nitrogen and oxygen atoms in total. The van der Waals surface area contributed by atoms with Gasteiger partial charge in [-0.25, -0.2) is 4.90 Å². The molecule has 0 saturated carbocycles. The lowest BCUT2D eigenvalue weighted by Gasteiger charge is -2.35. The van der Waals surface area contributed by atoms with Gasteiger partial charge in [-0.1, -0.05) is 0 Å². The number of rotatable bonds is 7. The first-order chi connectivity index (χ1) is 14.6. The van der Waals surface area contributed by atoms with Crippen molar-refractivity contribution in [2.45, 2.75) is 51.5 Å². The number of hydrogen-bond donors (Lipinski definition) is 0. The number of hydrogen-bond acceptors (Lipinski definition) is 5. The maximum atomic E-state index is 13.0. The fraction of sp³-hybridized carbons (Fsp3) is 0.609. The van der Waals surface area contributed by atoms with Gasteiger partial charge in [0.05, 0.1) is 24.8 Å². The van der Waals surface area contributed by atoms with Crippen LogP contribution in [-0.4, -0.2) is 66.3 Å². The first-order valence-electron chi connectivity index (χ1n) is 11.2. The molecule has 0 aliphatic carbocycles. The van der Waals surface area contributed by atoms with E-state index in [1.807, 2.05) is 11.8 Å². The number of carbonyl (C=O) groups is 3. The molecule has 0 bridgehead atoms. The molecular formula is C23H31N3O4. The highest BCUT2D eigenvalue weighted by Crippen LogP contribution is 2.30. The average Bonchev–Trinajstić information content (AvgIpc) is 3.30. The van der Waals surface area contributed by atoms with Crippen LogP contribution in [0.3, 0.4) is 0 Å². The standard InChI is InChI=1S/C23H31N3O4/c1-2-30-19-7-5-18(6-8-19)26-22(28)16-20(23(26)29)24-13-9-17(10-14-24)11-15-25-12-3-4-21(25)27/h5-8,17,20H,2-4,9-16H2,1H3/t20-/m0/s1. The van der Waals surface area contributed by atoms with E-state index in [4.69, 9.17) is 4.74 Å². The summed E-state index contributed by atoms with van der Waals surface area (Å²) < 4.78 is 5.44. The number of amides is 3. The summed E-state index contributed by atoms with van der Waals surface area (Å²) in [5, 5.41) is 0. The monoisotopic (exact) mass is 413 g/mol. The topological polar surface area (TPSA) is 70.2 Å². The van der Waals surface area contributed by atoms with Crippen LogP contribution in [0.4, 0.5) is 5.69 Å². The molecule has 0 unspecified atom stereocenters. The number of imide groups is 1. The molecule has 3 aliphatic rings. The van der Waals surface area contributed by atoms with Crippen molar-refractivity contribution in [3.8, 4) is 5.75 Å². The Bertz CT molecular complexity index is 786. The van der Waals surface area contributed by atoms with Crippen LogP contribution in [0.25, 0.3) is 0 Å².